The molecule has 0 saturated carbocycles. The summed E-state index contributed by atoms with van der Waals surface area (Å²) in [5.41, 5.74) is 1.64. The number of carbonyl (C=O) groups excluding carboxylic acids is 1. The van der Waals surface area contributed by atoms with E-state index in [1.165, 1.54) is 12.3 Å². The first kappa shape index (κ1) is 16.5. The second kappa shape index (κ2) is 7.95. The second-order valence-corrected chi connectivity index (χ2v) is 6.02. The zero-order valence-corrected chi connectivity index (χ0v) is 13.0. The first-order valence-corrected chi connectivity index (χ1v) is 8.32. The van der Waals surface area contributed by atoms with Crippen LogP contribution in [0.4, 0.5) is 0 Å². The van der Waals surface area contributed by atoms with Crippen molar-refractivity contribution in [3.8, 4) is 0 Å². The van der Waals surface area contributed by atoms with Crippen LogP contribution in [0.15, 0.2) is 72.9 Å². The van der Waals surface area contributed by atoms with Crippen molar-refractivity contribution in [2.75, 3.05) is 0 Å². The van der Waals surface area contributed by atoms with Crippen LogP contribution in [0.2, 0.25) is 0 Å². The van der Waals surface area contributed by atoms with Crippen molar-refractivity contribution in [2.45, 2.75) is 0 Å². The third kappa shape index (κ3) is 6.19. The van der Waals surface area contributed by atoms with Gasteiger partial charge < -0.3 is 0 Å². The number of rotatable bonds is 6. The molecule has 0 aliphatic heterocycles. The van der Waals surface area contributed by atoms with E-state index >= 15 is 0 Å². The van der Waals surface area contributed by atoms with E-state index in [-0.39, 0.29) is 0 Å². The Hall–Kier alpha value is -2.86. The molecule has 2 aromatic rings. The molecule has 0 unspecified atom stereocenters. The predicted octanol–water partition coefficient (Wildman–Crippen LogP) is 2.32. The maximum Gasteiger partial charge on any atom is 0.323 e. The van der Waals surface area contributed by atoms with Gasteiger partial charge in [0.25, 0.3) is 5.91 Å². The Bertz CT molecular complexity index is 798. The zero-order chi connectivity index (χ0) is 16.5. The number of benzene rings is 2. The largest absolute Gasteiger partial charge is 0.323 e. The molecule has 5 nitrogen and oxygen atoms in total. The summed E-state index contributed by atoms with van der Waals surface area (Å²) in [5.74, 6) is -0.727. The highest BCUT2D eigenvalue weighted by atomic mass is 32.2. The summed E-state index contributed by atoms with van der Waals surface area (Å²) in [6.07, 6.45) is 5.54. The summed E-state index contributed by atoms with van der Waals surface area (Å²) < 4.78 is 27.5. The molecule has 0 atom stereocenters. The van der Waals surface area contributed by atoms with Crippen molar-refractivity contribution in [3.63, 3.8) is 0 Å². The highest BCUT2D eigenvalue weighted by Gasteiger charge is 2.09. The van der Waals surface area contributed by atoms with Crippen LogP contribution in [0.3, 0.4) is 0 Å². The molecule has 2 rings (SSSR count). The van der Waals surface area contributed by atoms with Gasteiger partial charge in [0, 0.05) is 12.3 Å². The lowest BCUT2D eigenvalue weighted by Gasteiger charge is -2.03. The number of hydrogen-bond acceptors (Lipinski definition) is 3. The molecule has 0 aromatic heterocycles. The second-order valence-electron chi connectivity index (χ2n) is 4.58. The average molecular weight is 328 g/mol. The molecule has 0 radical (unpaired) electrons. The molecule has 0 aliphatic carbocycles. The number of carbonyl (C=O) groups is 1. The van der Waals surface area contributed by atoms with Gasteiger partial charge in [-0.2, -0.15) is 8.42 Å². The summed E-state index contributed by atoms with van der Waals surface area (Å²) >= 11 is 0. The maximum absolute atomic E-state index is 11.7. The van der Waals surface area contributed by atoms with Crippen LogP contribution in [-0.4, -0.2) is 14.3 Å². The maximum atomic E-state index is 11.7. The van der Waals surface area contributed by atoms with Gasteiger partial charge in [0.2, 0.25) is 0 Å². The molecule has 6 heteroatoms. The zero-order valence-electron chi connectivity index (χ0n) is 12.2. The molecule has 0 spiro atoms. The number of hydrogen-bond donors (Lipinski definition) is 2. The normalized spacial score (nSPS) is 11.7. The Balaban J connectivity index is 1.89. The molecule has 0 fully saturated rings. The Morgan fingerprint density at radius 1 is 0.826 bits per heavy atom. The average Bonchev–Trinajstić information content (AvgIpc) is 2.54. The molecular formula is C17H16N2O3S. The van der Waals surface area contributed by atoms with Crippen molar-refractivity contribution >= 4 is 28.3 Å². The van der Waals surface area contributed by atoms with Crippen LogP contribution in [0.1, 0.15) is 11.1 Å². The molecule has 23 heavy (non-hydrogen) atoms. The van der Waals surface area contributed by atoms with Crippen molar-refractivity contribution < 1.29 is 13.2 Å². The minimum atomic E-state index is -3.94. The molecule has 2 aromatic carbocycles. The first-order chi connectivity index (χ1) is 11.1. The van der Waals surface area contributed by atoms with Crippen LogP contribution in [0.25, 0.3) is 12.2 Å². The summed E-state index contributed by atoms with van der Waals surface area (Å²) in [5, 5.41) is 0. The molecule has 0 bridgehead atoms. The van der Waals surface area contributed by atoms with Crippen molar-refractivity contribution in [3.05, 3.63) is 84.1 Å². The van der Waals surface area contributed by atoms with Crippen LogP contribution in [0, 0.1) is 0 Å². The fourth-order valence-corrected chi connectivity index (χ4v) is 2.35. The van der Waals surface area contributed by atoms with Gasteiger partial charge in [0.15, 0.2) is 0 Å². The van der Waals surface area contributed by atoms with E-state index in [2.05, 4.69) is 4.72 Å². The molecule has 0 saturated heterocycles. The Morgan fingerprint density at radius 3 is 1.91 bits per heavy atom. The molecule has 0 heterocycles. The van der Waals surface area contributed by atoms with Crippen molar-refractivity contribution in [1.82, 2.24) is 9.44 Å². The van der Waals surface area contributed by atoms with Crippen molar-refractivity contribution in [2.24, 2.45) is 0 Å². The third-order valence-electron chi connectivity index (χ3n) is 2.76. The fourth-order valence-electron chi connectivity index (χ4n) is 1.72. The molecule has 118 valence electrons. The van der Waals surface area contributed by atoms with E-state index in [0.717, 1.165) is 17.2 Å². The number of nitrogens with one attached hydrogen (secondary N) is 2. The number of amides is 1. The highest BCUT2D eigenvalue weighted by Crippen LogP contribution is 2.01. The van der Waals surface area contributed by atoms with E-state index in [1.807, 2.05) is 53.3 Å². The molecular weight excluding hydrogens is 312 g/mol. The standard InChI is InChI=1S/C17H16N2O3S/c20-17(12-11-15-7-3-1-4-8-15)19-23(21,22)18-14-13-16-9-5-2-6-10-16/h1-14,18H,(H,19,20). The first-order valence-electron chi connectivity index (χ1n) is 6.84. The van der Waals surface area contributed by atoms with Gasteiger partial charge in [-0.15, -0.1) is 0 Å². The van der Waals surface area contributed by atoms with E-state index < -0.39 is 16.1 Å². The lowest BCUT2D eigenvalue weighted by Crippen LogP contribution is -2.36. The van der Waals surface area contributed by atoms with Gasteiger partial charge in [0.05, 0.1) is 0 Å². The van der Waals surface area contributed by atoms with E-state index in [0.29, 0.717) is 0 Å². The summed E-state index contributed by atoms with van der Waals surface area (Å²) in [6.45, 7) is 0. The predicted molar refractivity (Wildman–Crippen MR) is 91.2 cm³/mol. The third-order valence-corrected chi connectivity index (χ3v) is 3.68. The van der Waals surface area contributed by atoms with Gasteiger partial charge >= 0.3 is 10.2 Å². The van der Waals surface area contributed by atoms with Gasteiger partial charge in [-0.1, -0.05) is 60.7 Å². The quantitative estimate of drug-likeness (QED) is 0.799. The summed E-state index contributed by atoms with van der Waals surface area (Å²) in [4.78, 5) is 11.6. The summed E-state index contributed by atoms with van der Waals surface area (Å²) in [7, 11) is -3.94. The fraction of sp³-hybridized carbons (Fsp3) is 0. The van der Waals surface area contributed by atoms with Gasteiger partial charge in [-0.25, -0.2) is 4.72 Å². The topological polar surface area (TPSA) is 75.3 Å². The molecule has 2 N–H and O–H groups in total. The monoisotopic (exact) mass is 328 g/mol. The molecule has 0 aliphatic rings. The van der Waals surface area contributed by atoms with Crippen LogP contribution in [0.5, 0.6) is 0 Å². The van der Waals surface area contributed by atoms with Gasteiger partial charge in [-0.3, -0.25) is 9.52 Å². The Labute approximate surface area is 135 Å². The van der Waals surface area contributed by atoms with E-state index in [9.17, 15) is 13.2 Å². The van der Waals surface area contributed by atoms with Crippen LogP contribution >= 0.6 is 0 Å². The SMILES string of the molecule is O=C(C=Cc1ccccc1)NS(=O)(=O)NC=Cc1ccccc1. The minimum Gasteiger partial charge on any atom is -0.273 e. The van der Waals surface area contributed by atoms with E-state index in [1.54, 1.807) is 18.2 Å². The summed E-state index contributed by atoms with van der Waals surface area (Å²) in [6, 6.07) is 18.3. The van der Waals surface area contributed by atoms with Crippen LogP contribution < -0.4 is 9.44 Å². The van der Waals surface area contributed by atoms with Crippen molar-refractivity contribution in [1.29, 1.82) is 0 Å². The lowest BCUT2D eigenvalue weighted by atomic mass is 10.2. The lowest BCUT2D eigenvalue weighted by molar-refractivity contribution is -0.114. The smallest absolute Gasteiger partial charge is 0.273 e. The van der Waals surface area contributed by atoms with Crippen LogP contribution in [-0.2, 0) is 15.0 Å². The van der Waals surface area contributed by atoms with Gasteiger partial charge in [0.1, 0.15) is 0 Å². The minimum absolute atomic E-state index is 0.727. The Kier molecular flexibility index (Phi) is 5.71. The van der Waals surface area contributed by atoms with Gasteiger partial charge in [-0.05, 0) is 23.3 Å². The highest BCUT2D eigenvalue weighted by molar-refractivity contribution is 7.88. The molecule has 1 amide bonds. The Morgan fingerprint density at radius 2 is 1.35 bits per heavy atom. The van der Waals surface area contributed by atoms with E-state index in [4.69, 9.17) is 0 Å².